The monoisotopic (exact) mass is 428 g/mol. The zero-order chi connectivity index (χ0) is 22.8. The number of hydrogen-bond donors (Lipinski definition) is 4. The molecule has 1 rings (SSSR count). The molecule has 0 saturated heterocycles. The van der Waals surface area contributed by atoms with E-state index in [9.17, 15) is 24.3 Å². The fraction of sp³-hybridized carbons (Fsp3) is 0.700. The number of esters is 1. The number of carboxylic acids is 2. The first-order valence-electron chi connectivity index (χ1n) is 10.1. The van der Waals surface area contributed by atoms with Crippen molar-refractivity contribution in [3.63, 3.8) is 0 Å². The van der Waals surface area contributed by atoms with Crippen molar-refractivity contribution in [3.05, 3.63) is 11.6 Å². The van der Waals surface area contributed by atoms with Crippen molar-refractivity contribution in [3.8, 4) is 0 Å². The minimum absolute atomic E-state index is 0.0515. The summed E-state index contributed by atoms with van der Waals surface area (Å²) in [5, 5.41) is 24.0. The maximum Gasteiger partial charge on any atom is 0.333 e. The van der Waals surface area contributed by atoms with E-state index < -0.39 is 48.6 Å². The average Bonchev–Trinajstić information content (AvgIpc) is 2.66. The van der Waals surface area contributed by atoms with Crippen LogP contribution in [-0.4, -0.2) is 71.0 Å². The highest BCUT2D eigenvalue weighted by molar-refractivity contribution is 5.89. The normalized spacial score (nSPS) is 22.2. The van der Waals surface area contributed by atoms with Crippen molar-refractivity contribution in [2.75, 3.05) is 6.61 Å². The Kier molecular flexibility index (Phi) is 10.5. The molecule has 0 spiro atoms. The number of aliphatic carboxylic acids is 2. The van der Waals surface area contributed by atoms with Crippen molar-refractivity contribution >= 4 is 23.8 Å². The van der Waals surface area contributed by atoms with Crippen LogP contribution in [0.5, 0.6) is 0 Å². The molecule has 0 saturated carbocycles. The van der Waals surface area contributed by atoms with Crippen LogP contribution in [0.1, 0.15) is 53.4 Å². The Hall–Kier alpha value is -2.46. The molecule has 0 bridgehead atoms. The van der Waals surface area contributed by atoms with Gasteiger partial charge >= 0.3 is 17.9 Å². The summed E-state index contributed by atoms with van der Waals surface area (Å²) in [4.78, 5) is 46.8. The van der Waals surface area contributed by atoms with Crippen LogP contribution in [0.4, 0.5) is 0 Å². The predicted molar refractivity (Wildman–Crippen MR) is 107 cm³/mol. The maximum absolute atomic E-state index is 12.4. The Morgan fingerprint density at radius 1 is 1.17 bits per heavy atom. The lowest BCUT2D eigenvalue weighted by Crippen LogP contribution is -2.61. The fourth-order valence-corrected chi connectivity index (χ4v) is 3.40. The summed E-state index contributed by atoms with van der Waals surface area (Å²) in [5.41, 5.74) is 0.284. The van der Waals surface area contributed by atoms with Gasteiger partial charge in [0.1, 0.15) is 6.04 Å². The van der Waals surface area contributed by atoms with Crippen LogP contribution in [0.2, 0.25) is 0 Å². The van der Waals surface area contributed by atoms with Crippen molar-refractivity contribution in [2.24, 2.45) is 0 Å². The Morgan fingerprint density at radius 3 is 2.27 bits per heavy atom. The Labute approximate surface area is 176 Å². The molecule has 0 radical (unpaired) electrons. The quantitative estimate of drug-likeness (QED) is 0.331. The second-order valence-electron chi connectivity index (χ2n) is 7.14. The molecule has 4 atom stereocenters. The van der Waals surface area contributed by atoms with Gasteiger partial charge in [-0.15, -0.1) is 0 Å². The van der Waals surface area contributed by atoms with Gasteiger partial charge in [0.05, 0.1) is 31.3 Å². The van der Waals surface area contributed by atoms with Gasteiger partial charge in [-0.2, -0.15) is 0 Å². The van der Waals surface area contributed by atoms with Gasteiger partial charge in [-0.25, -0.2) is 4.79 Å². The number of rotatable bonds is 12. The first-order valence-corrected chi connectivity index (χ1v) is 10.1. The number of ether oxygens (including phenoxy) is 2. The van der Waals surface area contributed by atoms with Crippen molar-refractivity contribution in [1.82, 2.24) is 10.6 Å². The van der Waals surface area contributed by atoms with Gasteiger partial charge in [-0.05, 0) is 32.3 Å². The SMILES string of the molecule is CCOC(=O)C1=C[C@@H](OC(CC)CC)[C@H](NC(C)=O)[C@@H](NC(CC(=O)O)C(=O)O)C1. The highest BCUT2D eigenvalue weighted by Gasteiger charge is 2.39. The molecule has 170 valence electrons. The minimum Gasteiger partial charge on any atom is -0.481 e. The number of hydrogen-bond acceptors (Lipinski definition) is 7. The predicted octanol–water partition coefficient (Wildman–Crippen LogP) is 0.844. The van der Waals surface area contributed by atoms with Gasteiger partial charge in [0.15, 0.2) is 0 Å². The number of carbonyl (C=O) groups is 4. The van der Waals surface area contributed by atoms with E-state index in [2.05, 4.69) is 10.6 Å². The topological polar surface area (TPSA) is 151 Å². The van der Waals surface area contributed by atoms with Crippen LogP contribution >= 0.6 is 0 Å². The molecule has 0 aromatic rings. The molecule has 30 heavy (non-hydrogen) atoms. The van der Waals surface area contributed by atoms with E-state index in [1.807, 2.05) is 13.8 Å². The zero-order valence-corrected chi connectivity index (χ0v) is 17.8. The maximum atomic E-state index is 12.4. The standard InChI is InChI=1S/C20H32N2O8/c1-5-13(6-2)30-16-9-12(20(28)29-7-3)8-14(18(16)21-11(4)23)22-15(19(26)27)10-17(24)25/h9,13-16,18,22H,5-8,10H2,1-4H3,(H,21,23)(H,24,25)(H,26,27)/t14-,15?,16+,18+/m0/s1. The second kappa shape index (κ2) is 12.3. The second-order valence-corrected chi connectivity index (χ2v) is 7.14. The minimum atomic E-state index is -1.40. The molecule has 4 N–H and O–H groups in total. The molecular formula is C20H32N2O8. The first kappa shape index (κ1) is 25.6. The van der Waals surface area contributed by atoms with E-state index in [4.69, 9.17) is 14.6 Å². The summed E-state index contributed by atoms with van der Waals surface area (Å²) in [6, 6.07) is -2.85. The smallest absolute Gasteiger partial charge is 0.333 e. The third-order valence-electron chi connectivity index (χ3n) is 4.85. The summed E-state index contributed by atoms with van der Waals surface area (Å²) in [5.74, 6) is -3.55. The third-order valence-corrected chi connectivity index (χ3v) is 4.85. The number of carbonyl (C=O) groups excluding carboxylic acids is 2. The molecule has 1 aliphatic rings. The fourth-order valence-electron chi connectivity index (χ4n) is 3.40. The highest BCUT2D eigenvalue weighted by Crippen LogP contribution is 2.26. The molecule has 10 heteroatoms. The molecule has 0 fully saturated rings. The lowest BCUT2D eigenvalue weighted by molar-refractivity contribution is -0.146. The van der Waals surface area contributed by atoms with E-state index in [0.29, 0.717) is 12.8 Å². The summed E-state index contributed by atoms with van der Waals surface area (Å²) in [6.07, 6.45) is 1.55. The summed E-state index contributed by atoms with van der Waals surface area (Å²) in [7, 11) is 0. The molecule has 0 aromatic carbocycles. The molecule has 10 nitrogen and oxygen atoms in total. The molecule has 0 heterocycles. The lowest BCUT2D eigenvalue weighted by atomic mass is 9.86. The van der Waals surface area contributed by atoms with Gasteiger partial charge in [0.25, 0.3) is 0 Å². The molecule has 0 aromatic heterocycles. The van der Waals surface area contributed by atoms with Gasteiger partial charge in [0.2, 0.25) is 5.91 Å². The van der Waals surface area contributed by atoms with Crippen molar-refractivity contribution < 1.29 is 38.9 Å². The zero-order valence-electron chi connectivity index (χ0n) is 17.8. The van der Waals surface area contributed by atoms with Crippen LogP contribution in [0.25, 0.3) is 0 Å². The van der Waals surface area contributed by atoms with Gasteiger partial charge < -0.3 is 25.0 Å². The van der Waals surface area contributed by atoms with Crippen LogP contribution in [0.15, 0.2) is 11.6 Å². The van der Waals surface area contributed by atoms with Crippen molar-refractivity contribution in [2.45, 2.75) is 83.7 Å². The molecule has 1 unspecified atom stereocenters. The van der Waals surface area contributed by atoms with Crippen LogP contribution in [0, 0.1) is 0 Å². The number of amides is 1. The van der Waals surface area contributed by atoms with E-state index in [1.54, 1.807) is 13.0 Å². The number of carboxylic acid groups (broad SMARTS) is 2. The lowest BCUT2D eigenvalue weighted by Gasteiger charge is -2.39. The van der Waals surface area contributed by atoms with E-state index in [1.165, 1.54) is 6.92 Å². The Balaban J connectivity index is 3.30. The van der Waals surface area contributed by atoms with E-state index in [-0.39, 0.29) is 30.6 Å². The highest BCUT2D eigenvalue weighted by atomic mass is 16.5. The van der Waals surface area contributed by atoms with E-state index >= 15 is 0 Å². The third kappa shape index (κ3) is 7.75. The molecule has 1 aliphatic carbocycles. The van der Waals surface area contributed by atoms with Crippen LogP contribution in [0.3, 0.4) is 0 Å². The van der Waals surface area contributed by atoms with Crippen molar-refractivity contribution in [1.29, 1.82) is 0 Å². The Morgan fingerprint density at radius 2 is 1.80 bits per heavy atom. The summed E-state index contributed by atoms with van der Waals surface area (Å²) < 4.78 is 11.2. The average molecular weight is 428 g/mol. The van der Waals surface area contributed by atoms with Crippen LogP contribution < -0.4 is 10.6 Å². The van der Waals surface area contributed by atoms with E-state index in [0.717, 1.165) is 0 Å². The summed E-state index contributed by atoms with van der Waals surface area (Å²) >= 11 is 0. The molecular weight excluding hydrogens is 396 g/mol. The molecule has 1 amide bonds. The van der Waals surface area contributed by atoms with Gasteiger partial charge in [0, 0.05) is 18.5 Å². The van der Waals surface area contributed by atoms with Gasteiger partial charge in [-0.1, -0.05) is 13.8 Å². The van der Waals surface area contributed by atoms with Crippen LogP contribution in [-0.2, 0) is 28.7 Å². The molecule has 0 aliphatic heterocycles. The largest absolute Gasteiger partial charge is 0.481 e. The number of nitrogens with one attached hydrogen (secondary N) is 2. The first-order chi connectivity index (χ1) is 14.1. The summed E-state index contributed by atoms with van der Waals surface area (Å²) in [6.45, 7) is 7.05. The van der Waals surface area contributed by atoms with Gasteiger partial charge in [-0.3, -0.25) is 19.7 Å². The Bertz CT molecular complexity index is 659.